The first kappa shape index (κ1) is 12.1. The van der Waals surface area contributed by atoms with Gasteiger partial charge in [0.2, 0.25) is 0 Å². The largest absolute Gasteiger partial charge is 0.504 e. The molecule has 4 nitrogen and oxygen atoms in total. The Balaban J connectivity index is 2.34. The van der Waals surface area contributed by atoms with Crippen molar-refractivity contribution in [2.75, 3.05) is 0 Å². The third-order valence-corrected chi connectivity index (χ3v) is 2.87. The maximum absolute atomic E-state index is 9.46. The van der Waals surface area contributed by atoms with Crippen LogP contribution in [-0.4, -0.2) is 20.4 Å². The fraction of sp³-hybridized carbons (Fsp3) is 0.143. The van der Waals surface area contributed by atoms with Crippen LogP contribution >= 0.6 is 0 Å². The van der Waals surface area contributed by atoms with E-state index in [9.17, 15) is 20.4 Å². The molecule has 0 fully saturated rings. The van der Waals surface area contributed by atoms with Gasteiger partial charge in [0.25, 0.3) is 0 Å². The topological polar surface area (TPSA) is 80.9 Å². The lowest BCUT2D eigenvalue weighted by Gasteiger charge is -2.09. The highest BCUT2D eigenvalue weighted by Crippen LogP contribution is 2.31. The molecular weight excluding hydrogens is 232 g/mol. The number of phenolic OH excluding ortho intramolecular Hbond substituents is 4. The van der Waals surface area contributed by atoms with Gasteiger partial charge in [-0.3, -0.25) is 0 Å². The number of rotatable bonds is 2. The van der Waals surface area contributed by atoms with E-state index in [1.165, 1.54) is 24.3 Å². The minimum Gasteiger partial charge on any atom is -0.504 e. The molecule has 0 aliphatic rings. The molecule has 0 radical (unpaired) electrons. The Morgan fingerprint density at radius 3 is 2.06 bits per heavy atom. The quantitative estimate of drug-likeness (QED) is 0.613. The number of hydrogen-bond acceptors (Lipinski definition) is 4. The average molecular weight is 246 g/mol. The van der Waals surface area contributed by atoms with Crippen molar-refractivity contribution in [3.05, 3.63) is 47.0 Å². The minimum atomic E-state index is -0.173. The molecule has 0 aromatic heterocycles. The molecule has 4 heteroatoms. The molecule has 2 rings (SSSR count). The summed E-state index contributed by atoms with van der Waals surface area (Å²) in [6, 6.07) is 7.57. The van der Waals surface area contributed by atoms with Gasteiger partial charge in [-0.2, -0.15) is 0 Å². The Bertz CT molecular complexity index is 591. The Hall–Kier alpha value is -2.36. The normalized spacial score (nSPS) is 10.5. The molecule has 0 aliphatic heterocycles. The highest BCUT2D eigenvalue weighted by atomic mass is 16.3. The van der Waals surface area contributed by atoms with E-state index in [-0.39, 0.29) is 23.0 Å². The molecule has 0 aliphatic carbocycles. The third-order valence-electron chi connectivity index (χ3n) is 2.87. The molecule has 94 valence electrons. The fourth-order valence-electron chi connectivity index (χ4n) is 1.81. The number of hydrogen-bond donors (Lipinski definition) is 4. The van der Waals surface area contributed by atoms with Crippen LogP contribution in [0.2, 0.25) is 0 Å². The summed E-state index contributed by atoms with van der Waals surface area (Å²) >= 11 is 0. The average Bonchev–Trinajstić information content (AvgIpc) is 2.31. The molecule has 0 saturated heterocycles. The van der Waals surface area contributed by atoms with Crippen LogP contribution in [0.1, 0.15) is 16.7 Å². The van der Waals surface area contributed by atoms with Crippen molar-refractivity contribution in [2.45, 2.75) is 13.3 Å². The minimum absolute atomic E-state index is 0.148. The molecule has 2 aromatic carbocycles. The maximum Gasteiger partial charge on any atom is 0.157 e. The van der Waals surface area contributed by atoms with Crippen molar-refractivity contribution < 1.29 is 20.4 Å². The molecule has 2 aromatic rings. The number of aryl methyl sites for hydroxylation is 1. The van der Waals surface area contributed by atoms with Gasteiger partial charge >= 0.3 is 0 Å². The second-order valence-corrected chi connectivity index (χ2v) is 4.27. The van der Waals surface area contributed by atoms with Crippen LogP contribution in [0.3, 0.4) is 0 Å². The van der Waals surface area contributed by atoms with Gasteiger partial charge in [-0.1, -0.05) is 6.07 Å². The van der Waals surface area contributed by atoms with E-state index in [4.69, 9.17) is 0 Å². The molecule has 4 N–H and O–H groups in total. The highest BCUT2D eigenvalue weighted by molar-refractivity contribution is 5.48. The molecule has 0 saturated carbocycles. The number of benzene rings is 2. The van der Waals surface area contributed by atoms with E-state index >= 15 is 0 Å². The lowest BCUT2D eigenvalue weighted by molar-refractivity contribution is 0.402. The molecule has 0 unspecified atom stereocenters. The van der Waals surface area contributed by atoms with Gasteiger partial charge in [0, 0.05) is 0 Å². The van der Waals surface area contributed by atoms with Crippen LogP contribution in [0, 0.1) is 6.92 Å². The standard InChI is InChI=1S/C14H14O4/c1-8-4-12(16)14(18)7-10(8)5-9-2-3-11(15)13(17)6-9/h2-4,6-7,15-18H,5H2,1H3. The van der Waals surface area contributed by atoms with Crippen LogP contribution in [0.15, 0.2) is 30.3 Å². The van der Waals surface area contributed by atoms with Crippen LogP contribution in [0.25, 0.3) is 0 Å². The monoisotopic (exact) mass is 246 g/mol. The van der Waals surface area contributed by atoms with Crippen molar-refractivity contribution in [2.24, 2.45) is 0 Å². The van der Waals surface area contributed by atoms with E-state index in [1.54, 1.807) is 6.07 Å². The zero-order chi connectivity index (χ0) is 13.3. The highest BCUT2D eigenvalue weighted by Gasteiger charge is 2.08. The summed E-state index contributed by atoms with van der Waals surface area (Å²) in [5, 5.41) is 37.4. The van der Waals surface area contributed by atoms with Crippen molar-refractivity contribution in [1.29, 1.82) is 0 Å². The van der Waals surface area contributed by atoms with Crippen LogP contribution < -0.4 is 0 Å². The predicted octanol–water partition coefficient (Wildman–Crippen LogP) is 2.41. The van der Waals surface area contributed by atoms with Crippen molar-refractivity contribution in [1.82, 2.24) is 0 Å². The molecule has 0 spiro atoms. The second-order valence-electron chi connectivity index (χ2n) is 4.27. The summed E-state index contributed by atoms with van der Waals surface area (Å²) in [6.07, 6.45) is 0.494. The van der Waals surface area contributed by atoms with E-state index in [1.807, 2.05) is 6.92 Å². The first-order valence-corrected chi connectivity index (χ1v) is 5.49. The van der Waals surface area contributed by atoms with Gasteiger partial charge in [0.1, 0.15) is 0 Å². The van der Waals surface area contributed by atoms with E-state index < -0.39 is 0 Å². The number of aromatic hydroxyl groups is 4. The zero-order valence-electron chi connectivity index (χ0n) is 9.88. The van der Waals surface area contributed by atoms with Crippen molar-refractivity contribution in [3.8, 4) is 23.0 Å². The molecule has 0 atom stereocenters. The first-order valence-electron chi connectivity index (χ1n) is 5.49. The smallest absolute Gasteiger partial charge is 0.157 e. The van der Waals surface area contributed by atoms with Crippen LogP contribution in [-0.2, 0) is 6.42 Å². The van der Waals surface area contributed by atoms with Gasteiger partial charge in [-0.25, -0.2) is 0 Å². The molecule has 18 heavy (non-hydrogen) atoms. The lowest BCUT2D eigenvalue weighted by atomic mass is 9.99. The predicted molar refractivity (Wildman–Crippen MR) is 67.1 cm³/mol. The summed E-state index contributed by atoms with van der Waals surface area (Å²) in [4.78, 5) is 0. The number of phenols is 4. The van der Waals surface area contributed by atoms with E-state index in [0.717, 1.165) is 16.7 Å². The molecule has 0 heterocycles. The summed E-state index contributed by atoms with van der Waals surface area (Å²) in [6.45, 7) is 1.83. The molecule has 0 bridgehead atoms. The van der Waals surface area contributed by atoms with Gasteiger partial charge in [-0.05, 0) is 54.3 Å². The van der Waals surface area contributed by atoms with Crippen molar-refractivity contribution >= 4 is 0 Å². The molecular formula is C14H14O4. The Labute approximate surface area is 104 Å². The summed E-state index contributed by atoms with van der Waals surface area (Å²) in [5.41, 5.74) is 2.49. The maximum atomic E-state index is 9.46. The van der Waals surface area contributed by atoms with Crippen molar-refractivity contribution in [3.63, 3.8) is 0 Å². The zero-order valence-corrected chi connectivity index (χ0v) is 9.88. The van der Waals surface area contributed by atoms with Gasteiger partial charge in [-0.15, -0.1) is 0 Å². The van der Waals surface area contributed by atoms with Gasteiger partial charge in [0.05, 0.1) is 0 Å². The Kier molecular flexibility index (Phi) is 3.02. The Morgan fingerprint density at radius 2 is 1.39 bits per heavy atom. The third kappa shape index (κ3) is 2.32. The van der Waals surface area contributed by atoms with Gasteiger partial charge < -0.3 is 20.4 Å². The fourth-order valence-corrected chi connectivity index (χ4v) is 1.81. The van der Waals surface area contributed by atoms with Crippen LogP contribution in [0.5, 0.6) is 23.0 Å². The van der Waals surface area contributed by atoms with E-state index in [2.05, 4.69) is 0 Å². The van der Waals surface area contributed by atoms with Gasteiger partial charge in [0.15, 0.2) is 23.0 Å². The summed E-state index contributed by atoms with van der Waals surface area (Å²) in [5.74, 6) is -0.652. The van der Waals surface area contributed by atoms with E-state index in [0.29, 0.717) is 6.42 Å². The first-order chi connectivity index (χ1) is 8.47. The summed E-state index contributed by atoms with van der Waals surface area (Å²) < 4.78 is 0. The molecule has 0 amide bonds. The SMILES string of the molecule is Cc1cc(O)c(O)cc1Cc1ccc(O)c(O)c1. The Morgan fingerprint density at radius 1 is 0.778 bits per heavy atom. The van der Waals surface area contributed by atoms with Crippen LogP contribution in [0.4, 0.5) is 0 Å². The lowest BCUT2D eigenvalue weighted by Crippen LogP contribution is -1.92. The second kappa shape index (κ2) is 4.49. The summed E-state index contributed by atoms with van der Waals surface area (Å²) in [7, 11) is 0.